The van der Waals surface area contributed by atoms with Crippen molar-refractivity contribution in [1.29, 1.82) is 0 Å². The van der Waals surface area contributed by atoms with E-state index >= 15 is 0 Å². The van der Waals surface area contributed by atoms with E-state index in [1.54, 1.807) is 36.0 Å². The molecule has 0 fully saturated rings. The SMILES string of the molecule is O=S(=O)(C[C@@H]1CSc2nc3ccccc3n21)c1ccc(Cl)cc1. The van der Waals surface area contributed by atoms with E-state index in [0.717, 1.165) is 21.9 Å². The fourth-order valence-electron chi connectivity index (χ4n) is 2.84. The van der Waals surface area contributed by atoms with Crippen LogP contribution in [0.2, 0.25) is 5.02 Å². The number of hydrogen-bond acceptors (Lipinski definition) is 4. The first-order valence-electron chi connectivity index (χ1n) is 7.13. The van der Waals surface area contributed by atoms with E-state index in [-0.39, 0.29) is 11.8 Å². The number of thioether (sulfide) groups is 1. The van der Waals surface area contributed by atoms with Crippen molar-refractivity contribution in [2.45, 2.75) is 16.1 Å². The molecular weight excluding hydrogens is 352 g/mol. The third-order valence-corrected chi connectivity index (χ3v) is 7.08. The van der Waals surface area contributed by atoms with Crippen LogP contribution in [0.5, 0.6) is 0 Å². The summed E-state index contributed by atoms with van der Waals surface area (Å²) in [6, 6.07) is 14.1. The van der Waals surface area contributed by atoms with Gasteiger partial charge in [0, 0.05) is 10.8 Å². The molecule has 2 aromatic carbocycles. The van der Waals surface area contributed by atoms with Crippen LogP contribution in [-0.2, 0) is 9.84 Å². The average molecular weight is 365 g/mol. The van der Waals surface area contributed by atoms with Gasteiger partial charge in [-0.05, 0) is 36.4 Å². The topological polar surface area (TPSA) is 52.0 Å². The summed E-state index contributed by atoms with van der Waals surface area (Å²) in [7, 11) is -3.37. The van der Waals surface area contributed by atoms with Crippen LogP contribution < -0.4 is 0 Å². The fraction of sp³-hybridized carbons (Fsp3) is 0.188. The third-order valence-electron chi connectivity index (χ3n) is 3.92. The highest BCUT2D eigenvalue weighted by Gasteiger charge is 2.31. The summed E-state index contributed by atoms with van der Waals surface area (Å²) in [5.74, 6) is 0.787. The van der Waals surface area contributed by atoms with Gasteiger partial charge in [0.15, 0.2) is 15.0 Å². The normalized spacial score (nSPS) is 17.5. The zero-order valence-corrected chi connectivity index (χ0v) is 14.4. The van der Waals surface area contributed by atoms with Crippen molar-refractivity contribution < 1.29 is 8.42 Å². The molecule has 0 saturated carbocycles. The van der Waals surface area contributed by atoms with E-state index in [2.05, 4.69) is 4.98 Å². The Bertz CT molecular complexity index is 981. The number of rotatable bonds is 3. The Morgan fingerprint density at radius 3 is 2.70 bits per heavy atom. The maximum atomic E-state index is 12.7. The molecule has 3 aromatic rings. The van der Waals surface area contributed by atoms with E-state index < -0.39 is 9.84 Å². The van der Waals surface area contributed by atoms with E-state index in [1.807, 2.05) is 28.8 Å². The van der Waals surface area contributed by atoms with Crippen LogP contribution in [-0.4, -0.2) is 29.5 Å². The number of sulfone groups is 1. The van der Waals surface area contributed by atoms with Crippen molar-refractivity contribution in [1.82, 2.24) is 9.55 Å². The molecule has 1 aliphatic heterocycles. The molecule has 0 bridgehead atoms. The summed E-state index contributed by atoms with van der Waals surface area (Å²) >= 11 is 7.45. The maximum absolute atomic E-state index is 12.7. The van der Waals surface area contributed by atoms with Gasteiger partial charge in [0.1, 0.15) is 0 Å². The monoisotopic (exact) mass is 364 g/mol. The summed E-state index contributed by atoms with van der Waals surface area (Å²) in [5, 5.41) is 1.42. The van der Waals surface area contributed by atoms with Crippen molar-refractivity contribution in [3.8, 4) is 0 Å². The van der Waals surface area contributed by atoms with E-state index in [0.29, 0.717) is 9.92 Å². The van der Waals surface area contributed by atoms with Gasteiger partial charge in [-0.1, -0.05) is 35.5 Å². The molecular formula is C16H13ClN2O2S2. The van der Waals surface area contributed by atoms with E-state index in [4.69, 9.17) is 11.6 Å². The highest BCUT2D eigenvalue weighted by atomic mass is 35.5. The molecule has 0 saturated heterocycles. The number of para-hydroxylation sites is 2. The molecule has 0 unspecified atom stereocenters. The zero-order valence-electron chi connectivity index (χ0n) is 12.0. The molecule has 1 atom stereocenters. The van der Waals surface area contributed by atoms with Crippen LogP contribution in [0.25, 0.3) is 11.0 Å². The largest absolute Gasteiger partial charge is 0.314 e. The van der Waals surface area contributed by atoms with Gasteiger partial charge in [0.25, 0.3) is 0 Å². The summed E-state index contributed by atoms with van der Waals surface area (Å²) in [4.78, 5) is 4.88. The summed E-state index contributed by atoms with van der Waals surface area (Å²) in [5.41, 5.74) is 1.90. The van der Waals surface area contributed by atoms with Gasteiger partial charge in [-0.25, -0.2) is 13.4 Å². The highest BCUT2D eigenvalue weighted by Crippen LogP contribution is 2.38. The van der Waals surface area contributed by atoms with E-state index in [9.17, 15) is 8.42 Å². The number of fused-ring (bicyclic) bond motifs is 3. The lowest BCUT2D eigenvalue weighted by Crippen LogP contribution is -2.19. The lowest BCUT2D eigenvalue weighted by molar-refractivity contribution is 0.559. The number of halogens is 1. The quantitative estimate of drug-likeness (QED) is 0.709. The molecule has 0 spiro atoms. The predicted molar refractivity (Wildman–Crippen MR) is 93.0 cm³/mol. The first kappa shape index (κ1) is 15.1. The molecule has 23 heavy (non-hydrogen) atoms. The van der Waals surface area contributed by atoms with Crippen LogP contribution in [0.3, 0.4) is 0 Å². The molecule has 7 heteroatoms. The second kappa shape index (κ2) is 5.54. The average Bonchev–Trinajstić information content (AvgIpc) is 3.07. The van der Waals surface area contributed by atoms with Crippen LogP contribution in [0.15, 0.2) is 58.6 Å². The number of nitrogens with zero attached hydrogens (tertiary/aromatic N) is 2. The molecule has 0 N–H and O–H groups in total. The molecule has 4 nitrogen and oxygen atoms in total. The molecule has 0 aliphatic carbocycles. The Kier molecular flexibility index (Phi) is 3.63. The minimum absolute atomic E-state index is 0.0645. The maximum Gasteiger partial charge on any atom is 0.180 e. The van der Waals surface area contributed by atoms with Crippen molar-refractivity contribution in [3.63, 3.8) is 0 Å². The van der Waals surface area contributed by atoms with E-state index in [1.165, 1.54) is 0 Å². The lowest BCUT2D eigenvalue weighted by Gasteiger charge is -2.14. The molecule has 4 rings (SSSR count). The van der Waals surface area contributed by atoms with Crippen molar-refractivity contribution in [3.05, 3.63) is 53.6 Å². The first-order valence-corrected chi connectivity index (χ1v) is 10.1. The Morgan fingerprint density at radius 2 is 1.91 bits per heavy atom. The van der Waals surface area contributed by atoms with Crippen LogP contribution >= 0.6 is 23.4 Å². The number of hydrogen-bond donors (Lipinski definition) is 0. The smallest absolute Gasteiger partial charge is 0.180 e. The van der Waals surface area contributed by atoms with Gasteiger partial charge >= 0.3 is 0 Å². The molecule has 1 aliphatic rings. The van der Waals surface area contributed by atoms with Crippen LogP contribution in [0.4, 0.5) is 0 Å². The second-order valence-corrected chi connectivity index (χ2v) is 8.91. The minimum atomic E-state index is -3.37. The zero-order chi connectivity index (χ0) is 16.0. The molecule has 2 heterocycles. The van der Waals surface area contributed by atoms with Crippen LogP contribution in [0.1, 0.15) is 6.04 Å². The molecule has 0 radical (unpaired) electrons. The Hall–Kier alpha value is -1.50. The highest BCUT2D eigenvalue weighted by molar-refractivity contribution is 7.99. The van der Waals surface area contributed by atoms with Gasteiger partial charge in [-0.2, -0.15) is 0 Å². The first-order chi connectivity index (χ1) is 11.0. The summed E-state index contributed by atoms with van der Waals surface area (Å²) in [6.07, 6.45) is 0. The summed E-state index contributed by atoms with van der Waals surface area (Å²) < 4.78 is 27.4. The molecule has 1 aromatic heterocycles. The van der Waals surface area contributed by atoms with Crippen molar-refractivity contribution >= 4 is 44.2 Å². The predicted octanol–water partition coefficient (Wildman–Crippen LogP) is 3.81. The van der Waals surface area contributed by atoms with Gasteiger partial charge in [-0.15, -0.1) is 0 Å². The van der Waals surface area contributed by atoms with Crippen molar-refractivity contribution in [2.75, 3.05) is 11.5 Å². The summed E-state index contributed by atoms with van der Waals surface area (Å²) in [6.45, 7) is 0. The Morgan fingerprint density at radius 1 is 1.17 bits per heavy atom. The molecule has 0 amide bonds. The molecule has 118 valence electrons. The number of aromatic nitrogens is 2. The van der Waals surface area contributed by atoms with Gasteiger partial charge in [0.2, 0.25) is 0 Å². The van der Waals surface area contributed by atoms with Gasteiger partial charge in [-0.3, -0.25) is 0 Å². The fourth-order valence-corrected chi connectivity index (χ4v) is 5.79. The number of imidazole rings is 1. The number of benzene rings is 2. The van der Waals surface area contributed by atoms with Gasteiger partial charge in [0.05, 0.1) is 27.7 Å². The second-order valence-electron chi connectivity index (χ2n) is 5.45. The third kappa shape index (κ3) is 2.65. The standard InChI is InChI=1S/C16H13ClN2O2S2/c17-11-5-7-13(8-6-11)23(20,21)10-12-9-22-16-18-14-3-1-2-4-15(14)19(12)16/h1-8,12H,9-10H2/t12-/m0/s1. The minimum Gasteiger partial charge on any atom is -0.314 e. The van der Waals surface area contributed by atoms with Gasteiger partial charge < -0.3 is 4.57 Å². The lowest BCUT2D eigenvalue weighted by atomic mass is 10.3. The Labute approximate surface area is 143 Å². The van der Waals surface area contributed by atoms with Crippen molar-refractivity contribution in [2.24, 2.45) is 0 Å². The van der Waals surface area contributed by atoms with Crippen LogP contribution in [0, 0.1) is 0 Å². The Balaban J connectivity index is 1.70.